The zero-order chi connectivity index (χ0) is 15.5. The lowest BCUT2D eigenvalue weighted by molar-refractivity contribution is -0.138. The number of hydrogen-bond acceptors (Lipinski definition) is 4. The number of hydrogen-bond donors (Lipinski definition) is 3. The number of carboxylic acids is 1. The van der Waals surface area contributed by atoms with Crippen LogP contribution in [0.1, 0.15) is 5.69 Å². The van der Waals surface area contributed by atoms with Crippen molar-refractivity contribution in [2.24, 2.45) is 0 Å². The lowest BCUT2D eigenvalue weighted by Gasteiger charge is -2.14. The molecule has 3 N–H and O–H groups in total. The maximum Gasteiger partial charge on any atom is 0.322 e. The monoisotopic (exact) mass is 313 g/mol. The summed E-state index contributed by atoms with van der Waals surface area (Å²) in [7, 11) is -4.28. The van der Waals surface area contributed by atoms with Gasteiger partial charge in [0.15, 0.2) is 0 Å². The van der Waals surface area contributed by atoms with Crippen molar-refractivity contribution in [1.29, 1.82) is 0 Å². The number of aromatic amines is 1. The molecule has 0 fully saturated rings. The lowest BCUT2D eigenvalue weighted by atomic mass is 10.2. The van der Waals surface area contributed by atoms with E-state index in [2.05, 4.69) is 9.97 Å². The van der Waals surface area contributed by atoms with Crippen molar-refractivity contribution in [3.05, 3.63) is 48.3 Å². The maximum absolute atomic E-state index is 13.5. The van der Waals surface area contributed by atoms with Gasteiger partial charge < -0.3 is 10.1 Å². The van der Waals surface area contributed by atoms with E-state index in [4.69, 9.17) is 5.11 Å². The van der Waals surface area contributed by atoms with E-state index < -0.39 is 32.7 Å². The van der Waals surface area contributed by atoms with E-state index in [-0.39, 0.29) is 6.42 Å². The number of aliphatic carboxylic acids is 1. The van der Waals surface area contributed by atoms with Crippen LogP contribution in [0.15, 0.2) is 41.7 Å². The minimum Gasteiger partial charge on any atom is -0.480 e. The first-order valence-electron chi connectivity index (χ1n) is 5.87. The number of carbonyl (C=O) groups is 1. The van der Waals surface area contributed by atoms with Gasteiger partial charge in [-0.2, -0.15) is 4.72 Å². The van der Waals surface area contributed by atoms with Crippen LogP contribution in [0.5, 0.6) is 0 Å². The maximum atomic E-state index is 13.5. The van der Waals surface area contributed by atoms with E-state index in [9.17, 15) is 17.6 Å². The molecule has 0 aliphatic carbocycles. The third kappa shape index (κ3) is 3.64. The van der Waals surface area contributed by atoms with Crippen LogP contribution in [-0.2, 0) is 21.2 Å². The molecule has 1 atom stereocenters. The number of carboxylic acid groups (broad SMARTS) is 1. The summed E-state index contributed by atoms with van der Waals surface area (Å²) in [6.45, 7) is 0. The normalized spacial score (nSPS) is 13.0. The number of H-pyrrole nitrogens is 1. The van der Waals surface area contributed by atoms with Crippen LogP contribution in [0.2, 0.25) is 0 Å². The molecule has 1 aromatic heterocycles. The molecule has 2 aromatic rings. The van der Waals surface area contributed by atoms with E-state index in [0.29, 0.717) is 5.69 Å². The second kappa shape index (κ2) is 6.02. The Labute approximate surface area is 119 Å². The number of halogens is 1. The number of imidazole rings is 1. The Balaban J connectivity index is 2.24. The average Bonchev–Trinajstić information content (AvgIpc) is 2.91. The van der Waals surface area contributed by atoms with Crippen molar-refractivity contribution in [1.82, 2.24) is 14.7 Å². The molecule has 0 aliphatic heterocycles. The van der Waals surface area contributed by atoms with Crippen molar-refractivity contribution in [3.8, 4) is 0 Å². The molecule has 0 aliphatic rings. The Bertz CT molecular complexity index is 731. The highest BCUT2D eigenvalue weighted by atomic mass is 32.2. The molecular weight excluding hydrogens is 301 g/mol. The molecule has 0 bridgehead atoms. The smallest absolute Gasteiger partial charge is 0.322 e. The summed E-state index contributed by atoms with van der Waals surface area (Å²) in [4.78, 5) is 17.0. The van der Waals surface area contributed by atoms with Crippen molar-refractivity contribution in [2.75, 3.05) is 0 Å². The molecule has 7 nitrogen and oxygen atoms in total. The van der Waals surface area contributed by atoms with E-state index in [1.807, 2.05) is 4.72 Å². The minimum absolute atomic E-state index is 0.136. The summed E-state index contributed by atoms with van der Waals surface area (Å²) in [6.07, 6.45) is 2.59. The third-order valence-electron chi connectivity index (χ3n) is 2.70. The Hall–Kier alpha value is -2.26. The Morgan fingerprint density at radius 2 is 2.14 bits per heavy atom. The summed E-state index contributed by atoms with van der Waals surface area (Å²) >= 11 is 0. The van der Waals surface area contributed by atoms with Crippen LogP contribution in [0.4, 0.5) is 4.39 Å². The van der Waals surface area contributed by atoms with Gasteiger partial charge in [0.25, 0.3) is 0 Å². The van der Waals surface area contributed by atoms with Crippen molar-refractivity contribution in [3.63, 3.8) is 0 Å². The summed E-state index contributed by atoms with van der Waals surface area (Å²) < 4.78 is 39.6. The lowest BCUT2D eigenvalue weighted by Crippen LogP contribution is -2.42. The fraction of sp³-hybridized carbons (Fsp3) is 0.167. The zero-order valence-corrected chi connectivity index (χ0v) is 11.5. The van der Waals surface area contributed by atoms with Crippen molar-refractivity contribution < 1.29 is 22.7 Å². The van der Waals surface area contributed by atoms with Crippen LogP contribution in [-0.4, -0.2) is 35.5 Å². The molecule has 0 spiro atoms. The number of benzene rings is 1. The first-order valence-corrected chi connectivity index (χ1v) is 7.35. The van der Waals surface area contributed by atoms with Crippen molar-refractivity contribution in [2.45, 2.75) is 17.4 Å². The first kappa shape index (κ1) is 15.1. The number of rotatable bonds is 6. The summed E-state index contributed by atoms with van der Waals surface area (Å²) in [6, 6.07) is 3.30. The van der Waals surface area contributed by atoms with Gasteiger partial charge in [0.2, 0.25) is 10.0 Å². The van der Waals surface area contributed by atoms with Gasteiger partial charge in [-0.3, -0.25) is 4.79 Å². The highest BCUT2D eigenvalue weighted by Gasteiger charge is 2.27. The fourth-order valence-corrected chi connectivity index (χ4v) is 2.98. The number of sulfonamides is 1. The summed E-state index contributed by atoms with van der Waals surface area (Å²) in [5, 5.41) is 9.10. The van der Waals surface area contributed by atoms with Gasteiger partial charge in [0, 0.05) is 18.3 Å². The van der Waals surface area contributed by atoms with Gasteiger partial charge in [-0.05, 0) is 12.1 Å². The predicted molar refractivity (Wildman–Crippen MR) is 70.4 cm³/mol. The Morgan fingerprint density at radius 1 is 1.43 bits per heavy atom. The number of nitrogens with one attached hydrogen (secondary N) is 2. The second-order valence-electron chi connectivity index (χ2n) is 4.22. The standard InChI is InChI=1S/C12H12FN3O4S/c13-9-3-1-2-4-11(9)21(19,20)16-10(12(17)18)5-8-6-14-7-15-8/h1-4,6-7,10,16H,5H2,(H,14,15)(H,17,18). The predicted octanol–water partition coefficient (Wildman–Crippen LogP) is 0.523. The van der Waals surface area contributed by atoms with Gasteiger partial charge in [0.05, 0.1) is 6.33 Å². The van der Waals surface area contributed by atoms with Gasteiger partial charge in [0.1, 0.15) is 16.8 Å². The molecule has 1 aromatic carbocycles. The van der Waals surface area contributed by atoms with Crippen LogP contribution in [0.25, 0.3) is 0 Å². The highest BCUT2D eigenvalue weighted by molar-refractivity contribution is 7.89. The largest absolute Gasteiger partial charge is 0.480 e. The van der Waals surface area contributed by atoms with Crippen LogP contribution < -0.4 is 4.72 Å². The molecule has 9 heteroatoms. The molecule has 21 heavy (non-hydrogen) atoms. The van der Waals surface area contributed by atoms with E-state index in [0.717, 1.165) is 12.1 Å². The van der Waals surface area contributed by atoms with Crippen LogP contribution in [0.3, 0.4) is 0 Å². The van der Waals surface area contributed by atoms with E-state index in [1.165, 1.54) is 24.7 Å². The minimum atomic E-state index is -4.28. The molecule has 1 unspecified atom stereocenters. The second-order valence-corrected chi connectivity index (χ2v) is 5.91. The van der Waals surface area contributed by atoms with Crippen molar-refractivity contribution >= 4 is 16.0 Å². The quantitative estimate of drug-likeness (QED) is 0.720. The molecule has 0 saturated heterocycles. The highest BCUT2D eigenvalue weighted by Crippen LogP contribution is 2.14. The molecule has 0 radical (unpaired) electrons. The van der Waals surface area contributed by atoms with Gasteiger partial charge >= 0.3 is 5.97 Å². The van der Waals surface area contributed by atoms with Crippen LogP contribution >= 0.6 is 0 Å². The molecule has 112 valence electrons. The Kier molecular flexibility index (Phi) is 4.34. The van der Waals surface area contributed by atoms with Crippen LogP contribution in [0, 0.1) is 5.82 Å². The fourth-order valence-electron chi connectivity index (χ4n) is 1.71. The van der Waals surface area contributed by atoms with E-state index in [1.54, 1.807) is 0 Å². The zero-order valence-electron chi connectivity index (χ0n) is 10.7. The summed E-state index contributed by atoms with van der Waals surface area (Å²) in [5.41, 5.74) is 0.443. The first-order chi connectivity index (χ1) is 9.90. The SMILES string of the molecule is O=C(O)C(Cc1cnc[nH]1)NS(=O)(=O)c1ccccc1F. The van der Waals surface area contributed by atoms with Gasteiger partial charge in [-0.1, -0.05) is 12.1 Å². The average molecular weight is 313 g/mol. The molecular formula is C12H12FN3O4S. The molecule has 2 rings (SSSR count). The van der Waals surface area contributed by atoms with E-state index >= 15 is 0 Å². The van der Waals surface area contributed by atoms with Gasteiger partial charge in [-0.25, -0.2) is 17.8 Å². The summed E-state index contributed by atoms with van der Waals surface area (Å²) in [5.74, 6) is -2.32. The molecule has 0 amide bonds. The topological polar surface area (TPSA) is 112 Å². The third-order valence-corrected chi connectivity index (χ3v) is 4.21. The van der Waals surface area contributed by atoms with Gasteiger partial charge in [-0.15, -0.1) is 0 Å². The number of nitrogens with zero attached hydrogens (tertiary/aromatic N) is 1. The molecule has 1 heterocycles. The molecule has 0 saturated carbocycles. The number of aromatic nitrogens is 2. The Morgan fingerprint density at radius 3 is 2.71 bits per heavy atom.